The Bertz CT molecular complexity index is 1740. The van der Waals surface area contributed by atoms with Gasteiger partial charge in [0.15, 0.2) is 0 Å². The number of anilines is 1. The smallest absolute Gasteiger partial charge is 0.411 e. The summed E-state index contributed by atoms with van der Waals surface area (Å²) in [6.07, 6.45) is 3.19. The van der Waals surface area contributed by atoms with E-state index in [1.165, 1.54) is 12.1 Å². The zero-order chi connectivity index (χ0) is 34.6. The number of rotatable bonds is 15. The molecule has 0 radical (unpaired) electrons. The standard InChI is InChI=1S/C38H47N5O6/c1-42(36(47)14-6-3-9-21-39-26-34(45)30-15-17-33(44)37-31(30)16-18-35(46)41-37)24-25-43-22-19-28(20-23-43)49-38(48)40-32-13-8-7-12-29(32)27-10-4-2-5-11-27/h2,4-5,7-8,10-13,15-18,28,34,39,44-45H,3,6,9,14,19-26H2,1H3,(H,40,48)(H,41,46)/t34-/m0/s1. The number of H-pyrrole nitrogens is 1. The number of phenolic OH excluding ortho intramolecular Hbond substituents is 1. The highest BCUT2D eigenvalue weighted by Gasteiger charge is 2.23. The van der Waals surface area contributed by atoms with Gasteiger partial charge in [-0.25, -0.2) is 4.79 Å². The van der Waals surface area contributed by atoms with Gasteiger partial charge in [-0.1, -0.05) is 61.0 Å². The van der Waals surface area contributed by atoms with E-state index in [9.17, 15) is 24.6 Å². The first-order valence-electron chi connectivity index (χ1n) is 17.1. The van der Waals surface area contributed by atoms with Crippen LogP contribution in [0.2, 0.25) is 0 Å². The van der Waals surface area contributed by atoms with Gasteiger partial charge in [0.2, 0.25) is 11.5 Å². The number of hydrogen-bond donors (Lipinski definition) is 5. The van der Waals surface area contributed by atoms with Gasteiger partial charge in [0, 0.05) is 63.2 Å². The Hall–Kier alpha value is -4.71. The molecule has 2 heterocycles. The van der Waals surface area contributed by atoms with Crippen LogP contribution in [0.25, 0.3) is 22.0 Å². The van der Waals surface area contributed by atoms with Crippen LogP contribution in [0.3, 0.4) is 0 Å². The molecular formula is C38H47N5O6. The Morgan fingerprint density at radius 2 is 1.73 bits per heavy atom. The predicted molar refractivity (Wildman–Crippen MR) is 192 cm³/mol. The topological polar surface area (TPSA) is 147 Å². The number of carbonyl (C=O) groups excluding carboxylic acids is 2. The molecule has 0 bridgehead atoms. The molecule has 4 aromatic rings. The number of hydrogen-bond acceptors (Lipinski definition) is 8. The Kier molecular flexibility index (Phi) is 12.8. The quantitative estimate of drug-likeness (QED) is 0.108. The van der Waals surface area contributed by atoms with Gasteiger partial charge in [-0.05, 0) is 61.6 Å². The number of aliphatic hydroxyl groups is 1. The number of pyridine rings is 1. The second kappa shape index (κ2) is 17.6. The average molecular weight is 670 g/mol. The average Bonchev–Trinajstić information content (AvgIpc) is 3.11. The first-order valence-corrected chi connectivity index (χ1v) is 17.1. The number of aliphatic hydroxyl groups excluding tert-OH is 1. The molecule has 0 spiro atoms. The second-order valence-corrected chi connectivity index (χ2v) is 12.6. The summed E-state index contributed by atoms with van der Waals surface area (Å²) in [5, 5.41) is 27.5. The maximum absolute atomic E-state index is 12.7. The summed E-state index contributed by atoms with van der Waals surface area (Å²) in [5.74, 6) is 0.0958. The van der Waals surface area contributed by atoms with E-state index in [0.29, 0.717) is 42.5 Å². The van der Waals surface area contributed by atoms with Crippen molar-refractivity contribution >= 4 is 28.6 Å². The van der Waals surface area contributed by atoms with Gasteiger partial charge >= 0.3 is 6.09 Å². The number of aromatic nitrogens is 1. The molecule has 1 atom stereocenters. The number of aromatic amines is 1. The van der Waals surface area contributed by atoms with Gasteiger partial charge in [-0.2, -0.15) is 0 Å². The highest BCUT2D eigenvalue weighted by Crippen LogP contribution is 2.29. The molecule has 11 nitrogen and oxygen atoms in total. The van der Waals surface area contributed by atoms with E-state index in [2.05, 4.69) is 20.5 Å². The minimum atomic E-state index is -0.796. The van der Waals surface area contributed by atoms with Crippen molar-refractivity contribution in [2.75, 3.05) is 51.6 Å². The lowest BCUT2D eigenvalue weighted by molar-refractivity contribution is -0.130. The third kappa shape index (κ3) is 10.1. The minimum absolute atomic E-state index is 0.0350. The van der Waals surface area contributed by atoms with Gasteiger partial charge in [0.25, 0.3) is 0 Å². The molecule has 1 fully saturated rings. The van der Waals surface area contributed by atoms with E-state index in [0.717, 1.165) is 68.6 Å². The fourth-order valence-electron chi connectivity index (χ4n) is 6.21. The molecular weight excluding hydrogens is 622 g/mol. The number of benzene rings is 3. The Labute approximate surface area is 286 Å². The van der Waals surface area contributed by atoms with Crippen LogP contribution in [0.15, 0.2) is 83.7 Å². The number of unbranched alkanes of at least 4 members (excludes halogenated alkanes) is 2. The summed E-state index contributed by atoms with van der Waals surface area (Å²) in [7, 11) is 1.85. The third-order valence-electron chi connectivity index (χ3n) is 9.08. The summed E-state index contributed by atoms with van der Waals surface area (Å²) in [6.45, 7) is 4.09. The van der Waals surface area contributed by atoms with Crippen molar-refractivity contribution in [2.45, 2.75) is 50.7 Å². The monoisotopic (exact) mass is 669 g/mol. The summed E-state index contributed by atoms with van der Waals surface area (Å²) >= 11 is 0. The lowest BCUT2D eigenvalue weighted by atomic mass is 10.0. The third-order valence-corrected chi connectivity index (χ3v) is 9.08. The summed E-state index contributed by atoms with van der Waals surface area (Å²) in [6, 6.07) is 23.7. The van der Waals surface area contributed by atoms with Crippen LogP contribution < -0.4 is 16.2 Å². The van der Waals surface area contributed by atoms with Crippen LogP contribution in [0.5, 0.6) is 5.75 Å². The van der Waals surface area contributed by atoms with E-state index >= 15 is 0 Å². The number of likely N-dealkylation sites (N-methyl/N-ethyl adjacent to an activating group) is 1. The molecule has 0 unspecified atom stereocenters. The molecule has 5 N–H and O–H groups in total. The molecule has 0 saturated carbocycles. The van der Waals surface area contributed by atoms with E-state index in [4.69, 9.17) is 4.74 Å². The Balaban J connectivity index is 0.921. The number of ether oxygens (including phenoxy) is 1. The number of fused-ring (bicyclic) bond motifs is 1. The van der Waals surface area contributed by atoms with Gasteiger partial charge in [0.05, 0.1) is 17.3 Å². The van der Waals surface area contributed by atoms with Crippen LogP contribution in [-0.4, -0.2) is 89.4 Å². The SMILES string of the molecule is CN(CCN1CCC(OC(=O)Nc2ccccc2-c2ccccc2)CC1)C(=O)CCCCCNC[C@H](O)c1ccc(O)c2[nH]c(=O)ccc12. The van der Waals surface area contributed by atoms with Gasteiger partial charge in [-0.15, -0.1) is 0 Å². The van der Waals surface area contributed by atoms with Crippen molar-refractivity contribution in [1.29, 1.82) is 0 Å². The molecule has 49 heavy (non-hydrogen) atoms. The second-order valence-electron chi connectivity index (χ2n) is 12.6. The van der Waals surface area contributed by atoms with Gasteiger partial charge in [-0.3, -0.25) is 14.9 Å². The van der Waals surface area contributed by atoms with Crippen molar-refractivity contribution in [3.8, 4) is 16.9 Å². The zero-order valence-corrected chi connectivity index (χ0v) is 28.1. The zero-order valence-electron chi connectivity index (χ0n) is 28.1. The Morgan fingerprint density at radius 3 is 2.53 bits per heavy atom. The first-order chi connectivity index (χ1) is 23.8. The van der Waals surface area contributed by atoms with Crippen molar-refractivity contribution in [1.82, 2.24) is 20.1 Å². The molecule has 0 aliphatic carbocycles. The molecule has 5 rings (SSSR count). The number of aromatic hydroxyl groups is 1. The molecule has 2 amide bonds. The maximum atomic E-state index is 12.7. The van der Waals surface area contributed by atoms with Crippen molar-refractivity contribution in [3.63, 3.8) is 0 Å². The summed E-state index contributed by atoms with van der Waals surface area (Å²) < 4.78 is 5.76. The van der Waals surface area contributed by atoms with Gasteiger partial charge in [0.1, 0.15) is 11.9 Å². The van der Waals surface area contributed by atoms with Gasteiger partial charge < -0.3 is 35.1 Å². The number of carbonyl (C=O) groups is 2. The number of piperidine rings is 1. The molecule has 1 aliphatic heterocycles. The van der Waals surface area contributed by atoms with Crippen LogP contribution >= 0.6 is 0 Å². The molecule has 3 aromatic carbocycles. The number of nitrogens with one attached hydrogen (secondary N) is 3. The molecule has 1 saturated heterocycles. The number of amides is 2. The molecule has 11 heteroatoms. The predicted octanol–water partition coefficient (Wildman–Crippen LogP) is 5.26. The van der Waals surface area contributed by atoms with E-state index in [-0.39, 0.29) is 23.3 Å². The largest absolute Gasteiger partial charge is 0.506 e. The van der Waals surface area contributed by atoms with Crippen LogP contribution in [0.1, 0.15) is 50.2 Å². The lowest BCUT2D eigenvalue weighted by Crippen LogP contribution is -2.42. The Morgan fingerprint density at radius 1 is 0.980 bits per heavy atom. The highest BCUT2D eigenvalue weighted by molar-refractivity contribution is 5.91. The van der Waals surface area contributed by atoms with Crippen LogP contribution in [-0.2, 0) is 9.53 Å². The number of phenols is 1. The highest BCUT2D eigenvalue weighted by atomic mass is 16.6. The first kappa shape index (κ1) is 35.6. The van der Waals surface area contributed by atoms with Crippen LogP contribution in [0.4, 0.5) is 10.5 Å². The minimum Gasteiger partial charge on any atom is -0.506 e. The normalized spacial score (nSPS) is 14.4. The van der Waals surface area contributed by atoms with Crippen LogP contribution in [0, 0.1) is 0 Å². The fourth-order valence-corrected chi connectivity index (χ4v) is 6.21. The van der Waals surface area contributed by atoms with E-state index in [1.54, 1.807) is 17.0 Å². The number of nitrogens with zero attached hydrogens (tertiary/aromatic N) is 2. The summed E-state index contributed by atoms with van der Waals surface area (Å²) in [5.41, 5.74) is 3.32. The molecule has 1 aliphatic rings. The number of para-hydroxylation sites is 1. The maximum Gasteiger partial charge on any atom is 0.411 e. The summed E-state index contributed by atoms with van der Waals surface area (Å²) in [4.78, 5) is 43.8. The molecule has 260 valence electrons. The molecule has 1 aromatic heterocycles. The van der Waals surface area contributed by atoms with Crippen molar-refractivity contribution in [2.24, 2.45) is 0 Å². The fraction of sp³-hybridized carbons (Fsp3) is 0.395. The lowest BCUT2D eigenvalue weighted by Gasteiger charge is -2.32. The van der Waals surface area contributed by atoms with Crippen molar-refractivity contribution in [3.05, 3.63) is 94.8 Å². The van der Waals surface area contributed by atoms with E-state index < -0.39 is 12.2 Å². The van der Waals surface area contributed by atoms with E-state index in [1.807, 2.05) is 61.6 Å². The van der Waals surface area contributed by atoms with Crippen molar-refractivity contribution < 1.29 is 24.5 Å². The number of likely N-dealkylation sites (tertiary alicyclic amines) is 1.